The highest BCUT2D eigenvalue weighted by molar-refractivity contribution is 5.29. The third kappa shape index (κ3) is 6.38. The summed E-state index contributed by atoms with van der Waals surface area (Å²) in [6.07, 6.45) is 1.40. The van der Waals surface area contributed by atoms with E-state index in [9.17, 15) is 0 Å². The van der Waals surface area contributed by atoms with Crippen molar-refractivity contribution >= 4 is 0 Å². The lowest BCUT2D eigenvalue weighted by Crippen LogP contribution is -2.82. The molecule has 3 nitrogen and oxygen atoms in total. The number of nitrogens with two attached hydrogens (primary N) is 1. The molecule has 0 radical (unpaired) electrons. The third-order valence-electron chi connectivity index (χ3n) is 4.71. The van der Waals surface area contributed by atoms with Crippen LogP contribution in [0.5, 0.6) is 11.5 Å². The van der Waals surface area contributed by atoms with Gasteiger partial charge in [-0.25, -0.2) is 0 Å². The van der Waals surface area contributed by atoms with Crippen molar-refractivity contribution in [3.05, 3.63) is 59.7 Å². The normalized spacial score (nSPS) is 12.4. The second-order valence-corrected chi connectivity index (χ2v) is 7.50. The molecule has 0 amide bonds. The summed E-state index contributed by atoms with van der Waals surface area (Å²) in [4.78, 5) is 0. The lowest BCUT2D eigenvalue weighted by Gasteiger charge is -2.21. The first-order valence-electron chi connectivity index (χ1n) is 9.70. The molecular weight excluding hydrogens is 322 g/mol. The molecule has 3 heteroatoms. The average molecular weight is 357 g/mol. The van der Waals surface area contributed by atoms with Crippen molar-refractivity contribution in [2.24, 2.45) is 5.92 Å². The fourth-order valence-corrected chi connectivity index (χ4v) is 3.28. The first kappa shape index (κ1) is 20.3. The summed E-state index contributed by atoms with van der Waals surface area (Å²) in [5.74, 6) is 3.08. The molecule has 0 bridgehead atoms. The molecule has 0 aliphatic carbocycles. The minimum absolute atomic E-state index is 0.221. The van der Waals surface area contributed by atoms with Crippen LogP contribution in [-0.4, -0.2) is 19.8 Å². The van der Waals surface area contributed by atoms with E-state index in [1.54, 1.807) is 7.11 Å². The molecular formula is C23H34NO2+. The number of quaternary nitrogens is 1. The zero-order valence-electron chi connectivity index (χ0n) is 16.9. The third-order valence-corrected chi connectivity index (χ3v) is 4.71. The second-order valence-electron chi connectivity index (χ2n) is 7.50. The monoisotopic (exact) mass is 356 g/mol. The Morgan fingerprint density at radius 1 is 0.846 bits per heavy atom. The maximum Gasteiger partial charge on any atom is 0.119 e. The van der Waals surface area contributed by atoms with Gasteiger partial charge in [0, 0.05) is 12.0 Å². The Hall–Kier alpha value is -2.00. The van der Waals surface area contributed by atoms with E-state index in [0.717, 1.165) is 24.6 Å². The summed E-state index contributed by atoms with van der Waals surface area (Å²) < 4.78 is 11.0. The van der Waals surface area contributed by atoms with Crippen LogP contribution in [0.1, 0.15) is 51.2 Å². The van der Waals surface area contributed by atoms with Crippen LogP contribution >= 0.6 is 0 Å². The van der Waals surface area contributed by atoms with Gasteiger partial charge in [-0.2, -0.15) is 0 Å². The molecule has 0 aliphatic rings. The van der Waals surface area contributed by atoms with E-state index < -0.39 is 0 Å². The van der Waals surface area contributed by atoms with E-state index in [1.807, 2.05) is 0 Å². The molecule has 2 aromatic carbocycles. The van der Waals surface area contributed by atoms with Crippen LogP contribution < -0.4 is 14.8 Å². The van der Waals surface area contributed by atoms with Gasteiger partial charge in [-0.05, 0) is 67.6 Å². The van der Waals surface area contributed by atoms with E-state index >= 15 is 0 Å². The van der Waals surface area contributed by atoms with Gasteiger partial charge in [0.1, 0.15) is 18.0 Å². The Bertz CT molecular complexity index is 632. The molecule has 2 aromatic rings. The molecule has 0 aliphatic heterocycles. The Balaban J connectivity index is 1.82. The van der Waals surface area contributed by atoms with Gasteiger partial charge in [-0.15, -0.1) is 0 Å². The Kier molecular flexibility index (Phi) is 7.99. The zero-order chi connectivity index (χ0) is 18.9. The fraction of sp³-hybridized carbons (Fsp3) is 0.478. The lowest BCUT2D eigenvalue weighted by atomic mass is 9.86. The highest BCUT2D eigenvalue weighted by Gasteiger charge is 2.16. The number of ether oxygens (including phenoxy) is 2. The SMILES string of the molecule is COc1ccc([C@H](CC[NH2+]Cc2ccc(OC(C)C)cc2)C(C)C)cc1. The molecule has 0 fully saturated rings. The topological polar surface area (TPSA) is 35.1 Å². The number of rotatable bonds is 10. The second kappa shape index (κ2) is 10.2. The van der Waals surface area contributed by atoms with Crippen LogP contribution in [0.15, 0.2) is 48.5 Å². The van der Waals surface area contributed by atoms with E-state index in [0.29, 0.717) is 11.8 Å². The maximum atomic E-state index is 5.70. The number of benzene rings is 2. The molecule has 1 atom stereocenters. The first-order chi connectivity index (χ1) is 12.5. The van der Waals surface area contributed by atoms with Gasteiger partial charge in [0.05, 0.1) is 19.8 Å². The molecule has 0 saturated carbocycles. The Morgan fingerprint density at radius 3 is 2.00 bits per heavy atom. The summed E-state index contributed by atoms with van der Waals surface area (Å²) in [6, 6.07) is 17.0. The Morgan fingerprint density at radius 2 is 1.46 bits per heavy atom. The minimum Gasteiger partial charge on any atom is -0.497 e. The highest BCUT2D eigenvalue weighted by Crippen LogP contribution is 2.28. The Labute approximate surface area is 158 Å². The lowest BCUT2D eigenvalue weighted by molar-refractivity contribution is -0.671. The van der Waals surface area contributed by atoms with Gasteiger partial charge in [0.25, 0.3) is 0 Å². The van der Waals surface area contributed by atoms with Crippen molar-refractivity contribution in [1.29, 1.82) is 0 Å². The maximum absolute atomic E-state index is 5.70. The molecule has 0 spiro atoms. The summed E-state index contributed by atoms with van der Waals surface area (Å²) in [5.41, 5.74) is 2.75. The van der Waals surface area contributed by atoms with Crippen molar-refractivity contribution in [1.82, 2.24) is 0 Å². The van der Waals surface area contributed by atoms with E-state index in [-0.39, 0.29) is 6.10 Å². The van der Waals surface area contributed by atoms with Gasteiger partial charge in [-0.1, -0.05) is 26.0 Å². The van der Waals surface area contributed by atoms with Crippen molar-refractivity contribution in [2.45, 2.75) is 52.7 Å². The van der Waals surface area contributed by atoms with Crippen LogP contribution in [0.3, 0.4) is 0 Å². The van der Waals surface area contributed by atoms with Crippen molar-refractivity contribution in [3.8, 4) is 11.5 Å². The minimum atomic E-state index is 0.221. The standard InChI is InChI=1S/C23H33NO2/c1-17(2)23(20-8-12-21(25-5)13-9-20)14-15-24-16-19-6-10-22(11-7-19)26-18(3)4/h6-13,17-18,23-24H,14-16H2,1-5H3/p+1/t23-/m1/s1. The quantitative estimate of drug-likeness (QED) is 0.641. The van der Waals surface area contributed by atoms with Gasteiger partial charge < -0.3 is 14.8 Å². The predicted octanol–water partition coefficient (Wildman–Crippen LogP) is 4.38. The van der Waals surface area contributed by atoms with Gasteiger partial charge >= 0.3 is 0 Å². The summed E-state index contributed by atoms with van der Waals surface area (Å²) >= 11 is 0. The van der Waals surface area contributed by atoms with Crippen molar-refractivity contribution in [3.63, 3.8) is 0 Å². The summed E-state index contributed by atoms with van der Waals surface area (Å²) in [5, 5.41) is 2.40. The van der Waals surface area contributed by atoms with Gasteiger partial charge in [0.15, 0.2) is 0 Å². The van der Waals surface area contributed by atoms with Gasteiger partial charge in [-0.3, -0.25) is 0 Å². The van der Waals surface area contributed by atoms with Crippen molar-refractivity contribution < 1.29 is 14.8 Å². The summed E-state index contributed by atoms with van der Waals surface area (Å²) in [7, 11) is 1.71. The van der Waals surface area contributed by atoms with Crippen LogP contribution in [0.25, 0.3) is 0 Å². The summed E-state index contributed by atoms with van der Waals surface area (Å²) in [6.45, 7) is 10.9. The molecule has 0 saturated heterocycles. The van der Waals surface area contributed by atoms with Crippen molar-refractivity contribution in [2.75, 3.05) is 13.7 Å². The van der Waals surface area contributed by atoms with E-state index in [2.05, 4.69) is 81.5 Å². The molecule has 2 rings (SSSR count). The van der Waals surface area contributed by atoms with Crippen LogP contribution in [0.4, 0.5) is 0 Å². The zero-order valence-corrected chi connectivity index (χ0v) is 16.9. The molecule has 142 valence electrons. The predicted molar refractivity (Wildman–Crippen MR) is 108 cm³/mol. The van der Waals surface area contributed by atoms with E-state index in [4.69, 9.17) is 9.47 Å². The number of methoxy groups -OCH3 is 1. The number of hydrogen-bond acceptors (Lipinski definition) is 2. The van der Waals surface area contributed by atoms with E-state index in [1.165, 1.54) is 17.5 Å². The largest absolute Gasteiger partial charge is 0.497 e. The molecule has 0 heterocycles. The average Bonchev–Trinajstić information content (AvgIpc) is 2.62. The smallest absolute Gasteiger partial charge is 0.119 e. The number of hydrogen-bond donors (Lipinski definition) is 1. The van der Waals surface area contributed by atoms with Crippen LogP contribution in [0.2, 0.25) is 0 Å². The van der Waals surface area contributed by atoms with Crippen LogP contribution in [0, 0.1) is 5.92 Å². The highest BCUT2D eigenvalue weighted by atomic mass is 16.5. The molecule has 0 unspecified atom stereocenters. The van der Waals surface area contributed by atoms with Crippen LogP contribution in [-0.2, 0) is 6.54 Å². The molecule has 0 aromatic heterocycles. The fourth-order valence-electron chi connectivity index (χ4n) is 3.28. The first-order valence-corrected chi connectivity index (χ1v) is 9.70. The molecule has 2 N–H and O–H groups in total. The van der Waals surface area contributed by atoms with Gasteiger partial charge in [0.2, 0.25) is 0 Å². The molecule has 26 heavy (non-hydrogen) atoms.